The lowest BCUT2D eigenvalue weighted by Crippen LogP contribution is -2.59. The maximum Gasteiger partial charge on any atom is 0.446 e. The van der Waals surface area contributed by atoms with Crippen molar-refractivity contribution in [1.29, 1.82) is 0 Å². The molecule has 1 aliphatic carbocycles. The second kappa shape index (κ2) is 29.4. The fourth-order valence-corrected chi connectivity index (χ4v) is 9.54. The average Bonchev–Trinajstić information content (AvgIpc) is 3.74. The molecule has 1 fully saturated rings. The predicted molar refractivity (Wildman–Crippen MR) is 273 cm³/mol. The van der Waals surface area contributed by atoms with Crippen molar-refractivity contribution in [1.82, 2.24) is 42.2 Å². The fourth-order valence-electron chi connectivity index (χ4n) is 8.24. The van der Waals surface area contributed by atoms with Crippen LogP contribution in [0.2, 0.25) is 0 Å². The minimum absolute atomic E-state index is 0.0137. The molecule has 0 bridgehead atoms. The third-order valence-electron chi connectivity index (χ3n) is 11.9. The third-order valence-corrected chi connectivity index (χ3v) is 13.6. The number of rotatable bonds is 30. The van der Waals surface area contributed by atoms with E-state index >= 15 is 0 Å². The molecule has 1 aliphatic rings. The van der Waals surface area contributed by atoms with E-state index in [0.717, 1.165) is 43.0 Å². The van der Waals surface area contributed by atoms with E-state index in [2.05, 4.69) is 46.4 Å². The van der Waals surface area contributed by atoms with Gasteiger partial charge in [0.25, 0.3) is 0 Å². The lowest BCUT2D eigenvalue weighted by atomic mass is 9.84. The molecule has 0 radical (unpaired) electrons. The molecule has 400 valence electrons. The molecule has 8 amide bonds. The van der Waals surface area contributed by atoms with Crippen LogP contribution in [-0.2, 0) is 66.4 Å². The van der Waals surface area contributed by atoms with Gasteiger partial charge in [-0.3, -0.25) is 47.7 Å². The standard InChI is InChI=1S/C47H65N9O14S3/c1-27(57)51-37(22-29-13-15-31(16-14-29)70-73(67,68)69)45(64)53-34(17-19-71-2)43(62)50-26-40(58)52-38(23-30-25-49-33-12-8-7-11-32(30)33)46(65)54-35(18-20-72-3)44(63)56-39(24-41(59)60)47(66)55-36(42(48)61)21-28-9-5-4-6-10-28/h7-8,11-16,25,28,34-39,49H,4-6,9-10,17-24,26H2,1-3H3,(H2,48,61)(H,50,62)(H,51,57)(H,52,58)(H,53,64)(H,54,65)(H,55,66)(H,56,63)(H,59,60)(H,67,68,69). The highest BCUT2D eigenvalue weighted by atomic mass is 32.3. The van der Waals surface area contributed by atoms with Crippen LogP contribution in [0, 0.1) is 5.92 Å². The Hall–Kier alpha value is -6.38. The maximum absolute atomic E-state index is 14.3. The van der Waals surface area contributed by atoms with Crippen molar-refractivity contribution in [2.24, 2.45) is 11.7 Å². The number of amides is 8. The van der Waals surface area contributed by atoms with Gasteiger partial charge in [-0.1, -0.05) is 62.4 Å². The van der Waals surface area contributed by atoms with Crippen molar-refractivity contribution >= 4 is 98.1 Å². The number of nitrogens with two attached hydrogens (primary N) is 1. The summed E-state index contributed by atoms with van der Waals surface area (Å²) in [5.41, 5.74) is 7.43. The van der Waals surface area contributed by atoms with Crippen molar-refractivity contribution in [3.63, 3.8) is 0 Å². The summed E-state index contributed by atoms with van der Waals surface area (Å²) in [6.45, 7) is 0.511. The molecule has 26 heteroatoms. The van der Waals surface area contributed by atoms with Crippen LogP contribution in [-0.4, -0.2) is 143 Å². The van der Waals surface area contributed by atoms with Crippen LogP contribution >= 0.6 is 23.5 Å². The number of benzene rings is 2. The van der Waals surface area contributed by atoms with Crippen molar-refractivity contribution < 1.29 is 65.4 Å². The molecule has 2 aromatic carbocycles. The predicted octanol–water partition coefficient (Wildman–Crippen LogP) is 0.616. The zero-order valence-electron chi connectivity index (χ0n) is 40.7. The number of hydrogen-bond donors (Lipinski definition) is 11. The molecule has 23 nitrogen and oxygen atoms in total. The molecule has 1 saturated carbocycles. The largest absolute Gasteiger partial charge is 0.481 e. The molecule has 4 rings (SSSR count). The molecular formula is C47H65N9O14S3. The minimum Gasteiger partial charge on any atom is -0.481 e. The number of primary amides is 1. The summed E-state index contributed by atoms with van der Waals surface area (Å²) in [5, 5.41) is 28.4. The summed E-state index contributed by atoms with van der Waals surface area (Å²) in [6, 6.07) is 4.56. The second-order valence-electron chi connectivity index (χ2n) is 17.6. The number of para-hydroxylation sites is 1. The maximum atomic E-state index is 14.3. The Balaban J connectivity index is 1.50. The van der Waals surface area contributed by atoms with Gasteiger partial charge in [0.15, 0.2) is 0 Å². The number of aromatic amines is 1. The van der Waals surface area contributed by atoms with Crippen LogP contribution in [0.3, 0.4) is 0 Å². The number of carboxylic acid groups (broad SMARTS) is 1. The van der Waals surface area contributed by atoms with Gasteiger partial charge in [0.05, 0.1) is 13.0 Å². The van der Waals surface area contributed by atoms with E-state index in [1.165, 1.54) is 54.7 Å². The average molecular weight is 1080 g/mol. The number of carboxylic acids is 1. The zero-order valence-corrected chi connectivity index (χ0v) is 43.2. The SMILES string of the molecule is CSCCC(NC(=O)C(Cc1ccc(OS(=O)(=O)O)cc1)NC(C)=O)C(=O)NCC(=O)NC(Cc1c[nH]c2ccccc12)C(=O)NC(CCSC)C(=O)NC(CC(=O)O)C(=O)NC(CC1CCCCC1)C(N)=O. The van der Waals surface area contributed by atoms with E-state index < -0.39 is 113 Å². The highest BCUT2D eigenvalue weighted by molar-refractivity contribution is 7.98. The minimum atomic E-state index is -4.79. The van der Waals surface area contributed by atoms with E-state index in [4.69, 9.17) is 10.3 Å². The van der Waals surface area contributed by atoms with Gasteiger partial charge < -0.3 is 57.2 Å². The van der Waals surface area contributed by atoms with E-state index in [1.54, 1.807) is 36.9 Å². The van der Waals surface area contributed by atoms with Crippen molar-refractivity contribution in [3.8, 4) is 5.75 Å². The van der Waals surface area contributed by atoms with Crippen molar-refractivity contribution in [3.05, 3.63) is 65.9 Å². The normalized spacial score (nSPS) is 15.2. The first-order valence-corrected chi connectivity index (χ1v) is 27.7. The summed E-state index contributed by atoms with van der Waals surface area (Å²) in [4.78, 5) is 122. The van der Waals surface area contributed by atoms with Crippen LogP contribution in [0.1, 0.15) is 75.8 Å². The first-order valence-electron chi connectivity index (χ1n) is 23.5. The monoisotopic (exact) mass is 1080 g/mol. The highest BCUT2D eigenvalue weighted by Gasteiger charge is 2.34. The summed E-state index contributed by atoms with van der Waals surface area (Å²) in [5.74, 6) is -7.21. The number of hydrogen-bond acceptors (Lipinski definition) is 14. The first kappa shape index (κ1) is 59.2. The van der Waals surface area contributed by atoms with E-state index in [9.17, 15) is 56.7 Å². The summed E-state index contributed by atoms with van der Waals surface area (Å²) >= 11 is 2.72. The molecule has 0 saturated heterocycles. The second-order valence-corrected chi connectivity index (χ2v) is 20.6. The van der Waals surface area contributed by atoms with Crippen molar-refractivity contribution in [2.75, 3.05) is 30.6 Å². The van der Waals surface area contributed by atoms with E-state index in [1.807, 2.05) is 6.07 Å². The van der Waals surface area contributed by atoms with Gasteiger partial charge in [-0.2, -0.15) is 31.9 Å². The van der Waals surface area contributed by atoms with Crippen LogP contribution in [0.25, 0.3) is 10.9 Å². The molecule has 73 heavy (non-hydrogen) atoms. The van der Waals surface area contributed by atoms with E-state index in [0.29, 0.717) is 22.6 Å². The number of aromatic nitrogens is 1. The zero-order chi connectivity index (χ0) is 53.7. The smallest absolute Gasteiger partial charge is 0.446 e. The van der Waals surface area contributed by atoms with Gasteiger partial charge in [0.2, 0.25) is 47.3 Å². The first-order chi connectivity index (χ1) is 34.7. The molecular weight excluding hydrogens is 1010 g/mol. The van der Waals surface area contributed by atoms with Crippen LogP contribution in [0.15, 0.2) is 54.7 Å². The number of fused-ring (bicyclic) bond motifs is 1. The fraction of sp³-hybridized carbons (Fsp3) is 0.511. The van der Waals surface area contributed by atoms with Crippen molar-refractivity contribution in [2.45, 2.75) is 114 Å². The van der Waals surface area contributed by atoms with Gasteiger partial charge in [-0.15, -0.1) is 0 Å². The lowest BCUT2D eigenvalue weighted by molar-refractivity contribution is -0.141. The quantitative estimate of drug-likeness (QED) is 0.0408. The molecule has 6 unspecified atom stereocenters. The Labute approximate surface area is 431 Å². The number of thioether (sulfide) groups is 2. The third kappa shape index (κ3) is 20.6. The summed E-state index contributed by atoms with van der Waals surface area (Å²) in [7, 11) is -4.79. The molecule has 3 aromatic rings. The Kier molecular flexibility index (Phi) is 23.8. The van der Waals surface area contributed by atoms with Gasteiger partial charge in [-0.05, 0) is 78.5 Å². The summed E-state index contributed by atoms with van der Waals surface area (Å²) in [6.07, 6.45) is 9.15. The van der Waals surface area contributed by atoms with Gasteiger partial charge in [0, 0.05) is 36.9 Å². The number of H-pyrrole nitrogens is 1. The van der Waals surface area contributed by atoms with Gasteiger partial charge in [0.1, 0.15) is 42.0 Å². The number of aliphatic carboxylic acids is 1. The van der Waals surface area contributed by atoms with Crippen LogP contribution < -0.4 is 47.1 Å². The van der Waals surface area contributed by atoms with Crippen LogP contribution in [0.4, 0.5) is 0 Å². The molecule has 12 N–H and O–H groups in total. The molecule has 1 heterocycles. The van der Waals surface area contributed by atoms with E-state index in [-0.39, 0.29) is 43.8 Å². The Morgan fingerprint density at radius 1 is 0.712 bits per heavy atom. The topological polar surface area (TPSA) is 363 Å². The Bertz CT molecular complexity index is 2520. The lowest BCUT2D eigenvalue weighted by Gasteiger charge is -2.28. The Morgan fingerprint density at radius 2 is 1.26 bits per heavy atom. The molecule has 6 atom stereocenters. The number of carbonyl (C=O) groups is 9. The molecule has 1 aromatic heterocycles. The highest BCUT2D eigenvalue weighted by Crippen LogP contribution is 2.27. The molecule has 0 aliphatic heterocycles. The molecule has 0 spiro atoms. The van der Waals surface area contributed by atoms with Gasteiger partial charge in [-0.25, -0.2) is 0 Å². The summed E-state index contributed by atoms with van der Waals surface area (Å²) < 4.78 is 35.6. The number of nitrogens with one attached hydrogen (secondary N) is 8. The Morgan fingerprint density at radius 3 is 1.84 bits per heavy atom. The number of carbonyl (C=O) groups excluding carboxylic acids is 8. The van der Waals surface area contributed by atoms with Crippen LogP contribution in [0.5, 0.6) is 5.75 Å². The van der Waals surface area contributed by atoms with Gasteiger partial charge >= 0.3 is 16.4 Å².